The number of ether oxygens (including phenoxy) is 1. The first-order chi connectivity index (χ1) is 16.4. The van der Waals surface area contributed by atoms with Gasteiger partial charge < -0.3 is 10.1 Å². The Hall–Kier alpha value is -3.41. The summed E-state index contributed by atoms with van der Waals surface area (Å²) >= 11 is 13.2. The summed E-state index contributed by atoms with van der Waals surface area (Å²) in [5.74, 6) is 0.433. The molecule has 1 amide bonds. The zero-order valence-electron chi connectivity index (χ0n) is 18.8. The lowest BCUT2D eigenvalue weighted by Crippen LogP contribution is -2.20. The van der Waals surface area contributed by atoms with E-state index in [0.29, 0.717) is 39.0 Å². The molecule has 0 fully saturated rings. The second kappa shape index (κ2) is 10.7. The number of rotatable bonds is 7. The zero-order chi connectivity index (χ0) is 24.1. The number of carbonyl (C=O) groups excluding carboxylic acids is 1. The van der Waals surface area contributed by atoms with Crippen molar-refractivity contribution in [2.24, 2.45) is 0 Å². The molecule has 0 saturated carbocycles. The fraction of sp³-hybridized carbons (Fsp3) is 0.148. The fourth-order valence-electron chi connectivity index (χ4n) is 3.54. The zero-order valence-corrected chi connectivity index (χ0v) is 20.3. The van der Waals surface area contributed by atoms with Crippen molar-refractivity contribution in [1.82, 2.24) is 15.3 Å². The number of amides is 1. The molecule has 0 aliphatic heterocycles. The molecule has 0 atom stereocenters. The summed E-state index contributed by atoms with van der Waals surface area (Å²) in [4.78, 5) is 21.1. The number of pyridine rings is 2. The summed E-state index contributed by atoms with van der Waals surface area (Å²) in [7, 11) is 0. The van der Waals surface area contributed by atoms with Crippen LogP contribution in [0, 0.1) is 6.92 Å². The molecule has 2 aromatic carbocycles. The van der Waals surface area contributed by atoms with Gasteiger partial charge in [0, 0.05) is 46.7 Å². The highest BCUT2D eigenvalue weighted by atomic mass is 35.5. The van der Waals surface area contributed by atoms with Crippen molar-refractivity contribution in [1.29, 1.82) is 0 Å². The van der Waals surface area contributed by atoms with Gasteiger partial charge in [-0.1, -0.05) is 53.5 Å². The molecule has 172 valence electrons. The minimum absolute atomic E-state index is 0.167. The number of aryl methyl sites for hydroxylation is 1. The molecular weight excluding hydrogens is 469 g/mol. The van der Waals surface area contributed by atoms with E-state index < -0.39 is 0 Å². The van der Waals surface area contributed by atoms with E-state index >= 15 is 0 Å². The second-order valence-electron chi connectivity index (χ2n) is 7.86. The maximum absolute atomic E-state index is 12.4. The number of nitrogens with one attached hydrogen (secondary N) is 1. The Kier molecular flexibility index (Phi) is 7.46. The monoisotopic (exact) mass is 491 g/mol. The summed E-state index contributed by atoms with van der Waals surface area (Å²) < 4.78 is 6.09. The maximum atomic E-state index is 12.4. The van der Waals surface area contributed by atoms with Crippen LogP contribution < -0.4 is 10.1 Å². The number of hydrogen-bond acceptors (Lipinski definition) is 4. The average molecular weight is 492 g/mol. The van der Waals surface area contributed by atoms with E-state index in [-0.39, 0.29) is 12.5 Å². The van der Waals surface area contributed by atoms with Crippen LogP contribution in [-0.2, 0) is 17.9 Å². The van der Waals surface area contributed by atoms with Gasteiger partial charge in [0.1, 0.15) is 17.9 Å². The Bertz CT molecular complexity index is 1370. The molecule has 5 nitrogen and oxygen atoms in total. The van der Waals surface area contributed by atoms with E-state index in [1.54, 1.807) is 24.5 Å². The molecule has 0 saturated heterocycles. The lowest BCUT2D eigenvalue weighted by Gasteiger charge is -2.14. The van der Waals surface area contributed by atoms with Crippen molar-refractivity contribution in [2.75, 3.05) is 0 Å². The molecule has 2 aromatic heterocycles. The van der Waals surface area contributed by atoms with Gasteiger partial charge in [-0.05, 0) is 54.8 Å². The van der Waals surface area contributed by atoms with Gasteiger partial charge >= 0.3 is 0 Å². The Morgan fingerprint density at radius 1 is 1.09 bits per heavy atom. The summed E-state index contributed by atoms with van der Waals surface area (Å²) in [5, 5.41) is 4.79. The lowest BCUT2D eigenvalue weighted by atomic mass is 10.0. The first-order valence-corrected chi connectivity index (χ1v) is 11.5. The number of benzene rings is 2. The normalized spacial score (nSPS) is 11.5. The quantitative estimate of drug-likeness (QED) is 0.298. The van der Waals surface area contributed by atoms with E-state index in [0.717, 1.165) is 22.2 Å². The molecular formula is C27H23Cl2N3O2. The van der Waals surface area contributed by atoms with Gasteiger partial charge in [0.25, 0.3) is 0 Å². The average Bonchev–Trinajstić information content (AvgIpc) is 2.83. The minimum atomic E-state index is -0.220. The number of carbonyl (C=O) groups is 1. The molecule has 1 N–H and O–H groups in total. The van der Waals surface area contributed by atoms with Gasteiger partial charge in [-0.2, -0.15) is 0 Å². The third-order valence-electron chi connectivity index (χ3n) is 5.34. The molecule has 0 unspecified atom stereocenters. The fourth-order valence-corrected chi connectivity index (χ4v) is 4.16. The smallest absolute Gasteiger partial charge is 0.244 e. The second-order valence-corrected chi connectivity index (χ2v) is 8.65. The number of halogens is 2. The molecule has 0 spiro atoms. The van der Waals surface area contributed by atoms with Crippen LogP contribution in [0.3, 0.4) is 0 Å². The van der Waals surface area contributed by atoms with Crippen LogP contribution in [0.1, 0.15) is 29.3 Å². The standard InChI is InChI=1S/C27H23Cl2N3O2/c1-17(13-25(33)31-15-19-5-4-12-30-14-19)21-10-11-23(28)22(26(21)29)16-34-24-7-3-6-20-9-8-18(2)32-27(20)24/h3-14H,15-16H2,1-2H3,(H,31,33)/b17-13+. The Balaban J connectivity index is 1.52. The number of allylic oxidation sites excluding steroid dienone is 1. The number of fused-ring (bicyclic) bond motifs is 1. The summed E-state index contributed by atoms with van der Waals surface area (Å²) in [6.45, 7) is 4.33. The predicted octanol–water partition coefficient (Wildman–Crippen LogP) is 6.54. The van der Waals surface area contributed by atoms with Crippen molar-refractivity contribution >= 4 is 45.6 Å². The van der Waals surface area contributed by atoms with E-state index in [1.807, 2.05) is 56.3 Å². The van der Waals surface area contributed by atoms with Crippen molar-refractivity contribution in [3.8, 4) is 5.75 Å². The van der Waals surface area contributed by atoms with E-state index in [9.17, 15) is 4.79 Å². The number of para-hydroxylation sites is 1. The van der Waals surface area contributed by atoms with Crippen LogP contribution in [0.4, 0.5) is 0 Å². The van der Waals surface area contributed by atoms with Crippen LogP contribution in [0.2, 0.25) is 10.0 Å². The van der Waals surface area contributed by atoms with Crippen molar-refractivity contribution in [3.05, 3.63) is 105 Å². The van der Waals surface area contributed by atoms with Crippen LogP contribution in [0.25, 0.3) is 16.5 Å². The third kappa shape index (κ3) is 5.56. The van der Waals surface area contributed by atoms with Gasteiger partial charge in [0.2, 0.25) is 5.91 Å². The predicted molar refractivity (Wildman–Crippen MR) is 137 cm³/mol. The van der Waals surface area contributed by atoms with Crippen molar-refractivity contribution < 1.29 is 9.53 Å². The summed E-state index contributed by atoms with van der Waals surface area (Å²) in [6, 6.07) is 17.1. The van der Waals surface area contributed by atoms with Gasteiger partial charge in [0.15, 0.2) is 0 Å². The number of hydrogen-bond donors (Lipinski definition) is 1. The minimum Gasteiger partial charge on any atom is -0.487 e. The van der Waals surface area contributed by atoms with Crippen molar-refractivity contribution in [3.63, 3.8) is 0 Å². The van der Waals surface area contributed by atoms with Gasteiger partial charge in [0.05, 0.1) is 5.02 Å². The maximum Gasteiger partial charge on any atom is 0.244 e. The topological polar surface area (TPSA) is 64.1 Å². The molecule has 7 heteroatoms. The Morgan fingerprint density at radius 2 is 1.94 bits per heavy atom. The van der Waals surface area contributed by atoms with E-state index in [4.69, 9.17) is 27.9 Å². The van der Waals surface area contributed by atoms with Gasteiger partial charge in [-0.25, -0.2) is 4.98 Å². The van der Waals surface area contributed by atoms with E-state index in [2.05, 4.69) is 15.3 Å². The molecule has 2 heterocycles. The first kappa shape index (κ1) is 23.7. The Labute approximate surface area is 208 Å². The van der Waals surface area contributed by atoms with Crippen LogP contribution in [-0.4, -0.2) is 15.9 Å². The highest BCUT2D eigenvalue weighted by Crippen LogP contribution is 2.34. The van der Waals surface area contributed by atoms with Crippen LogP contribution in [0.15, 0.2) is 73.1 Å². The van der Waals surface area contributed by atoms with Crippen LogP contribution in [0.5, 0.6) is 5.75 Å². The summed E-state index contributed by atoms with van der Waals surface area (Å²) in [5.41, 5.74) is 4.69. The molecule has 0 aliphatic carbocycles. The first-order valence-electron chi connectivity index (χ1n) is 10.7. The molecule has 0 radical (unpaired) electrons. The van der Waals surface area contributed by atoms with Crippen molar-refractivity contribution in [2.45, 2.75) is 27.0 Å². The molecule has 34 heavy (non-hydrogen) atoms. The van der Waals surface area contributed by atoms with Gasteiger partial charge in [-0.3, -0.25) is 9.78 Å². The van der Waals surface area contributed by atoms with Crippen LogP contribution >= 0.6 is 23.2 Å². The van der Waals surface area contributed by atoms with Gasteiger partial charge in [-0.15, -0.1) is 0 Å². The molecule has 4 rings (SSSR count). The SMILES string of the molecule is C/C(=C\C(=O)NCc1cccnc1)c1ccc(Cl)c(COc2cccc3ccc(C)nc23)c1Cl. The largest absolute Gasteiger partial charge is 0.487 e. The van der Waals surface area contributed by atoms with E-state index in [1.165, 1.54) is 6.08 Å². The third-order valence-corrected chi connectivity index (χ3v) is 6.13. The lowest BCUT2D eigenvalue weighted by molar-refractivity contribution is -0.116. The summed E-state index contributed by atoms with van der Waals surface area (Å²) in [6.07, 6.45) is 4.93. The number of aromatic nitrogens is 2. The highest BCUT2D eigenvalue weighted by molar-refractivity contribution is 6.37. The molecule has 0 aliphatic rings. The Morgan fingerprint density at radius 3 is 2.74 bits per heavy atom. The highest BCUT2D eigenvalue weighted by Gasteiger charge is 2.14. The molecule has 4 aromatic rings. The number of nitrogens with zero attached hydrogens (tertiary/aromatic N) is 2. The molecule has 0 bridgehead atoms.